The van der Waals surface area contributed by atoms with Crippen LogP contribution in [0.15, 0.2) is 30.5 Å². The average Bonchev–Trinajstić information content (AvgIpc) is 3.35. The molecule has 18 heteroatoms. The minimum absolute atomic E-state index is 0.179. The van der Waals surface area contributed by atoms with E-state index >= 15 is 0 Å². The van der Waals surface area contributed by atoms with Gasteiger partial charge < -0.3 is 20.8 Å². The zero-order chi connectivity index (χ0) is 32.7. The molecule has 0 aliphatic carbocycles. The van der Waals surface area contributed by atoms with E-state index in [0.717, 1.165) is 43.3 Å². The summed E-state index contributed by atoms with van der Waals surface area (Å²) < 4.78 is 104. The first kappa shape index (κ1) is 36.6. The maximum Gasteiger partial charge on any atom is 0.490 e. The number of aliphatic carboxylic acids is 2. The van der Waals surface area contributed by atoms with Crippen molar-refractivity contribution in [2.45, 2.75) is 76.2 Å². The number of piperidine rings is 1. The van der Waals surface area contributed by atoms with Crippen LogP contribution in [-0.4, -0.2) is 73.5 Å². The Labute approximate surface area is 234 Å². The highest BCUT2D eigenvalue weighted by Crippen LogP contribution is 2.30. The minimum Gasteiger partial charge on any atom is -0.475 e. The van der Waals surface area contributed by atoms with Gasteiger partial charge in [-0.15, -0.1) is 5.10 Å². The summed E-state index contributed by atoms with van der Waals surface area (Å²) in [6.07, 6.45) is -10.1. The first-order valence-corrected chi connectivity index (χ1v) is 12.1. The lowest BCUT2D eigenvalue weighted by Gasteiger charge is -2.36. The number of carboxylic acid groups (broad SMARTS) is 2. The lowest BCUT2D eigenvalue weighted by Crippen LogP contribution is -2.41. The van der Waals surface area contributed by atoms with E-state index in [2.05, 4.69) is 22.1 Å². The van der Waals surface area contributed by atoms with E-state index in [1.807, 2.05) is 24.7 Å². The summed E-state index contributed by atoms with van der Waals surface area (Å²) in [6.45, 7) is 7.64. The Morgan fingerprint density at radius 2 is 1.45 bits per heavy atom. The van der Waals surface area contributed by atoms with Crippen LogP contribution in [0.25, 0.3) is 0 Å². The molecule has 1 fully saturated rings. The van der Waals surface area contributed by atoms with E-state index < -0.39 is 41.6 Å². The van der Waals surface area contributed by atoms with Crippen LogP contribution in [0.4, 0.5) is 39.5 Å². The molecule has 0 spiro atoms. The molecule has 1 aromatic carbocycles. The summed E-state index contributed by atoms with van der Waals surface area (Å²) >= 11 is 0. The van der Waals surface area contributed by atoms with Gasteiger partial charge in [-0.2, -0.15) is 39.5 Å². The molecule has 9 nitrogen and oxygen atoms in total. The summed E-state index contributed by atoms with van der Waals surface area (Å²) in [5, 5.41) is 22.7. The van der Waals surface area contributed by atoms with E-state index in [-0.39, 0.29) is 12.1 Å². The van der Waals surface area contributed by atoms with Crippen molar-refractivity contribution in [1.29, 1.82) is 0 Å². The third-order valence-electron chi connectivity index (χ3n) is 5.94. The van der Waals surface area contributed by atoms with Crippen LogP contribution >= 0.6 is 0 Å². The van der Waals surface area contributed by atoms with Gasteiger partial charge in [-0.05, 0) is 51.7 Å². The second-order valence-electron chi connectivity index (χ2n) is 9.93. The zero-order valence-electron chi connectivity index (χ0n) is 22.6. The van der Waals surface area contributed by atoms with Crippen LogP contribution in [0.3, 0.4) is 0 Å². The molecule has 238 valence electrons. The predicted molar refractivity (Wildman–Crippen MR) is 129 cm³/mol. The number of hydrogen-bond donors (Lipinski definition) is 3. The van der Waals surface area contributed by atoms with Crippen LogP contribution in [-0.2, 0) is 27.7 Å². The monoisotopic (exact) mass is 623 g/mol. The SMILES string of the molecule is CC(Cc1cccc(C(F)(F)F)c1)N1CCC(n2cc(C(C)(C)N)nn2)CC1.O=C(O)C(F)(F)F.O=C(O)C(F)(F)F. The quantitative estimate of drug-likeness (QED) is 0.395. The van der Waals surface area contributed by atoms with Crippen LogP contribution in [0.2, 0.25) is 0 Å². The van der Waals surface area contributed by atoms with Crippen molar-refractivity contribution >= 4 is 11.9 Å². The van der Waals surface area contributed by atoms with E-state index in [9.17, 15) is 39.5 Å². The maximum atomic E-state index is 12.9. The minimum atomic E-state index is -5.08. The standard InChI is InChI=1S/C20H28F3N5.2C2HF3O2/c1-14(11-15-5-4-6-16(12-15)20(21,22)23)27-9-7-17(8-10-27)28-13-18(25-26-28)19(2,3)24;2*3-2(4,5)1(6)7/h4-6,12-14,17H,7-11,24H2,1-3H3;2*(H,6,7). The number of nitrogens with zero attached hydrogens (tertiary/aromatic N) is 4. The fraction of sp³-hybridized carbons (Fsp3) is 0.583. The number of hydrogen-bond acceptors (Lipinski definition) is 6. The lowest BCUT2D eigenvalue weighted by molar-refractivity contribution is -0.193. The first-order valence-electron chi connectivity index (χ1n) is 12.1. The molecule has 0 saturated carbocycles. The second-order valence-corrected chi connectivity index (χ2v) is 9.93. The third-order valence-corrected chi connectivity index (χ3v) is 5.94. The molecule has 1 unspecified atom stereocenters. The predicted octanol–water partition coefficient (Wildman–Crippen LogP) is 5.03. The number of carbonyl (C=O) groups is 2. The zero-order valence-corrected chi connectivity index (χ0v) is 22.6. The van der Waals surface area contributed by atoms with Gasteiger partial charge in [-0.3, -0.25) is 0 Å². The largest absolute Gasteiger partial charge is 0.490 e. The summed E-state index contributed by atoms with van der Waals surface area (Å²) in [4.78, 5) is 20.1. The molecular weight excluding hydrogens is 593 g/mol. The van der Waals surface area contributed by atoms with Gasteiger partial charge in [0.05, 0.1) is 23.3 Å². The van der Waals surface area contributed by atoms with E-state index in [0.29, 0.717) is 6.42 Å². The van der Waals surface area contributed by atoms with Crippen molar-refractivity contribution in [2.75, 3.05) is 13.1 Å². The van der Waals surface area contributed by atoms with Crippen molar-refractivity contribution in [3.63, 3.8) is 0 Å². The van der Waals surface area contributed by atoms with E-state index in [1.165, 1.54) is 12.1 Å². The third kappa shape index (κ3) is 12.2. The molecule has 1 aliphatic rings. The van der Waals surface area contributed by atoms with Gasteiger partial charge >= 0.3 is 30.5 Å². The highest BCUT2D eigenvalue weighted by molar-refractivity contribution is 5.73. The molecule has 0 amide bonds. The smallest absolute Gasteiger partial charge is 0.475 e. The Morgan fingerprint density at radius 3 is 1.83 bits per heavy atom. The Hall–Kier alpha value is -3.41. The Bertz CT molecular complexity index is 1140. The number of alkyl halides is 9. The van der Waals surface area contributed by atoms with Crippen molar-refractivity contribution < 1.29 is 59.3 Å². The summed E-state index contributed by atoms with van der Waals surface area (Å²) in [5.74, 6) is -5.51. The Morgan fingerprint density at radius 1 is 0.976 bits per heavy atom. The Kier molecular flexibility index (Phi) is 12.4. The van der Waals surface area contributed by atoms with Crippen LogP contribution in [0, 0.1) is 0 Å². The van der Waals surface area contributed by atoms with Gasteiger partial charge in [0.25, 0.3) is 0 Å². The van der Waals surface area contributed by atoms with Crippen LogP contribution in [0.1, 0.15) is 56.5 Å². The first-order chi connectivity index (χ1) is 18.9. The normalized spacial score (nSPS) is 16.0. The van der Waals surface area contributed by atoms with E-state index in [1.54, 1.807) is 6.07 Å². The molecular formula is C24H30F9N5O4. The molecule has 1 aromatic heterocycles. The molecule has 1 atom stereocenters. The number of likely N-dealkylation sites (tertiary alicyclic amines) is 1. The molecule has 1 saturated heterocycles. The topological polar surface area (TPSA) is 135 Å². The van der Waals surface area contributed by atoms with Gasteiger partial charge in [0, 0.05) is 19.1 Å². The number of carboxylic acids is 2. The number of aromatic nitrogens is 3. The number of nitrogens with two attached hydrogens (primary N) is 1. The molecule has 1 aliphatic heterocycles. The van der Waals surface area contributed by atoms with Gasteiger partial charge in [-0.1, -0.05) is 23.4 Å². The molecule has 0 radical (unpaired) electrons. The summed E-state index contributed by atoms with van der Waals surface area (Å²) in [7, 11) is 0. The average molecular weight is 624 g/mol. The molecule has 3 rings (SSSR count). The van der Waals surface area contributed by atoms with Crippen LogP contribution < -0.4 is 5.73 Å². The molecule has 2 heterocycles. The summed E-state index contributed by atoms with van der Waals surface area (Å²) in [6, 6.07) is 6.09. The van der Waals surface area contributed by atoms with Crippen molar-refractivity contribution in [2.24, 2.45) is 5.73 Å². The van der Waals surface area contributed by atoms with Gasteiger partial charge in [0.2, 0.25) is 0 Å². The van der Waals surface area contributed by atoms with Crippen molar-refractivity contribution in [3.05, 3.63) is 47.3 Å². The van der Waals surface area contributed by atoms with Gasteiger partial charge in [-0.25, -0.2) is 14.3 Å². The van der Waals surface area contributed by atoms with Crippen LogP contribution in [0.5, 0.6) is 0 Å². The molecule has 0 bridgehead atoms. The lowest BCUT2D eigenvalue weighted by atomic mass is 9.99. The fourth-order valence-corrected chi connectivity index (χ4v) is 3.69. The highest BCUT2D eigenvalue weighted by Gasteiger charge is 2.39. The Balaban J connectivity index is 0.000000522. The second kappa shape index (κ2) is 14.2. The number of rotatable bonds is 5. The van der Waals surface area contributed by atoms with E-state index in [4.69, 9.17) is 25.5 Å². The highest BCUT2D eigenvalue weighted by atomic mass is 19.4. The molecule has 42 heavy (non-hydrogen) atoms. The molecule has 4 N–H and O–H groups in total. The van der Waals surface area contributed by atoms with Gasteiger partial charge in [0.1, 0.15) is 5.69 Å². The number of halogens is 9. The van der Waals surface area contributed by atoms with Crippen molar-refractivity contribution in [3.8, 4) is 0 Å². The van der Waals surface area contributed by atoms with Crippen molar-refractivity contribution in [1.82, 2.24) is 19.9 Å². The van der Waals surface area contributed by atoms with Gasteiger partial charge in [0.15, 0.2) is 0 Å². The summed E-state index contributed by atoms with van der Waals surface area (Å²) in [5.41, 5.74) is 6.47. The number of benzene rings is 1. The maximum absolute atomic E-state index is 12.9. The molecule has 2 aromatic rings. The fourth-order valence-electron chi connectivity index (χ4n) is 3.69.